The molecule has 1 aromatic rings. The summed E-state index contributed by atoms with van der Waals surface area (Å²) in [5.74, 6) is 0.678. The van der Waals surface area contributed by atoms with Gasteiger partial charge in [0.15, 0.2) is 5.75 Å². The van der Waals surface area contributed by atoms with Crippen molar-refractivity contribution in [2.75, 3.05) is 60.3 Å². The normalized spacial score (nSPS) is 20.3. The summed E-state index contributed by atoms with van der Waals surface area (Å²) in [7, 11) is 11.8. The number of amides is 1. The minimum absolute atomic E-state index is 0.00168. The Morgan fingerprint density at radius 1 is 1.27 bits per heavy atom. The Hall–Kier alpha value is -1.66. The van der Waals surface area contributed by atoms with E-state index in [-0.39, 0.29) is 16.5 Å². The first-order chi connectivity index (χ1) is 10.2. The first kappa shape index (κ1) is 16.7. The Balaban J connectivity index is 2.42. The largest absolute Gasteiger partial charge is 0.482 e. The van der Waals surface area contributed by atoms with Crippen molar-refractivity contribution in [3.8, 4) is 5.75 Å². The number of ether oxygens (including phenoxy) is 1. The van der Waals surface area contributed by atoms with Crippen LogP contribution in [-0.2, 0) is 0 Å². The third-order valence-electron chi connectivity index (χ3n) is 3.99. The monoisotopic (exact) mass is 307 g/mol. The molecule has 6 heteroatoms. The minimum Gasteiger partial charge on any atom is -0.482 e. The van der Waals surface area contributed by atoms with E-state index in [2.05, 4.69) is 9.88 Å². The van der Waals surface area contributed by atoms with Gasteiger partial charge in [0.2, 0.25) is 0 Å². The van der Waals surface area contributed by atoms with Gasteiger partial charge in [-0.15, -0.1) is 0 Å². The molecule has 1 unspecified atom stereocenters. The average Bonchev–Trinajstić information content (AvgIpc) is 2.52. The summed E-state index contributed by atoms with van der Waals surface area (Å²) in [6.07, 6.45) is 4.27. The molecule has 0 aliphatic carbocycles. The van der Waals surface area contributed by atoms with Gasteiger partial charge in [0.1, 0.15) is 18.2 Å². The van der Waals surface area contributed by atoms with Crippen LogP contribution in [0.3, 0.4) is 0 Å². The number of carbonyl (C=O) groups is 1. The van der Waals surface area contributed by atoms with Crippen molar-refractivity contribution in [2.45, 2.75) is 12.5 Å². The topological polar surface area (TPSA) is 45.7 Å². The summed E-state index contributed by atoms with van der Waals surface area (Å²) in [6, 6.07) is 0. The van der Waals surface area contributed by atoms with E-state index in [0.717, 1.165) is 18.7 Å². The van der Waals surface area contributed by atoms with Crippen LogP contribution in [0.5, 0.6) is 5.75 Å². The van der Waals surface area contributed by atoms with E-state index < -0.39 is 0 Å². The number of anilines is 1. The Morgan fingerprint density at radius 2 is 1.95 bits per heavy atom. The van der Waals surface area contributed by atoms with E-state index in [1.165, 1.54) is 0 Å². The van der Waals surface area contributed by atoms with Crippen molar-refractivity contribution in [1.29, 1.82) is 0 Å². The van der Waals surface area contributed by atoms with Gasteiger partial charge in [0, 0.05) is 27.1 Å². The van der Waals surface area contributed by atoms with E-state index >= 15 is 0 Å². The highest BCUT2D eigenvalue weighted by Gasteiger charge is 2.40. The number of fused-ring (bicyclic) bond motifs is 1. The standard InChI is InChI=1S/C16H27N4O2/c1-18(2)8-7-12-11-20(5,6)16(21)15-13(19(3)4)9-17-10-14(15)22-12/h9-10,12H,7-8,11H2,1-6H3/q+1. The smallest absolute Gasteiger partial charge is 0.351 e. The number of nitrogens with zero attached hydrogens (tertiary/aromatic N) is 4. The van der Waals surface area contributed by atoms with Crippen molar-refractivity contribution < 1.29 is 14.0 Å². The fourth-order valence-corrected chi connectivity index (χ4v) is 2.74. The molecular formula is C16H27N4O2+. The van der Waals surface area contributed by atoms with Gasteiger partial charge in [-0.3, -0.25) is 9.47 Å². The molecule has 0 fully saturated rings. The molecule has 1 amide bonds. The fraction of sp³-hybridized carbons (Fsp3) is 0.625. The van der Waals surface area contributed by atoms with E-state index in [1.54, 1.807) is 12.4 Å². The summed E-state index contributed by atoms with van der Waals surface area (Å²) in [5.41, 5.74) is 1.44. The summed E-state index contributed by atoms with van der Waals surface area (Å²) in [5, 5.41) is 0. The second-order valence-electron chi connectivity index (χ2n) is 6.93. The van der Waals surface area contributed by atoms with Crippen LogP contribution < -0.4 is 9.64 Å². The maximum Gasteiger partial charge on any atom is 0.351 e. The van der Waals surface area contributed by atoms with Gasteiger partial charge in [-0.05, 0) is 14.1 Å². The van der Waals surface area contributed by atoms with E-state index in [0.29, 0.717) is 17.9 Å². The summed E-state index contributed by atoms with van der Waals surface area (Å²) in [6.45, 7) is 1.59. The maximum absolute atomic E-state index is 13.0. The van der Waals surface area contributed by atoms with Crippen LogP contribution in [0.4, 0.5) is 5.69 Å². The molecule has 0 N–H and O–H groups in total. The Bertz CT molecular complexity index is 555. The third-order valence-corrected chi connectivity index (χ3v) is 3.99. The third kappa shape index (κ3) is 3.39. The number of rotatable bonds is 4. The van der Waals surface area contributed by atoms with Crippen LogP contribution in [0, 0.1) is 0 Å². The van der Waals surface area contributed by atoms with Crippen LogP contribution >= 0.6 is 0 Å². The quantitative estimate of drug-likeness (QED) is 0.779. The Labute approximate surface area is 132 Å². The van der Waals surface area contributed by atoms with Gasteiger partial charge in [-0.2, -0.15) is 0 Å². The van der Waals surface area contributed by atoms with Gasteiger partial charge in [-0.25, -0.2) is 4.79 Å². The number of quaternary nitrogens is 1. The highest BCUT2D eigenvalue weighted by Crippen LogP contribution is 2.33. The number of carbonyl (C=O) groups excluding carboxylic acids is 1. The molecule has 1 aliphatic rings. The fourth-order valence-electron chi connectivity index (χ4n) is 2.74. The molecule has 6 nitrogen and oxygen atoms in total. The van der Waals surface area contributed by atoms with Crippen molar-refractivity contribution in [3.63, 3.8) is 0 Å². The molecule has 122 valence electrons. The molecular weight excluding hydrogens is 280 g/mol. The molecule has 2 rings (SSSR count). The van der Waals surface area contributed by atoms with Gasteiger partial charge in [0.25, 0.3) is 0 Å². The lowest BCUT2D eigenvalue weighted by Crippen LogP contribution is -2.50. The zero-order chi connectivity index (χ0) is 16.5. The van der Waals surface area contributed by atoms with Crippen molar-refractivity contribution >= 4 is 11.6 Å². The maximum atomic E-state index is 13.0. The first-order valence-electron chi connectivity index (χ1n) is 7.57. The zero-order valence-electron chi connectivity index (χ0n) is 14.5. The molecule has 1 aromatic heterocycles. The highest BCUT2D eigenvalue weighted by atomic mass is 16.5. The lowest BCUT2D eigenvalue weighted by molar-refractivity contribution is -0.810. The van der Waals surface area contributed by atoms with Crippen molar-refractivity contribution in [2.24, 2.45) is 0 Å². The Kier molecular flexibility index (Phi) is 4.72. The van der Waals surface area contributed by atoms with Crippen LogP contribution in [0.15, 0.2) is 12.4 Å². The second-order valence-corrected chi connectivity index (χ2v) is 6.93. The molecule has 1 atom stereocenters. The number of likely N-dealkylation sites (N-methyl/N-ethyl adjacent to an activating group) is 1. The minimum atomic E-state index is 0.00168. The van der Waals surface area contributed by atoms with E-state index in [4.69, 9.17) is 4.74 Å². The molecule has 0 radical (unpaired) electrons. The predicted octanol–water partition coefficient (Wildman–Crippen LogP) is 1.08. The average molecular weight is 307 g/mol. The van der Waals surface area contributed by atoms with Crippen LogP contribution in [0.2, 0.25) is 0 Å². The van der Waals surface area contributed by atoms with Crippen molar-refractivity contribution in [1.82, 2.24) is 9.88 Å². The van der Waals surface area contributed by atoms with Gasteiger partial charge >= 0.3 is 5.91 Å². The van der Waals surface area contributed by atoms with Gasteiger partial charge in [-0.1, -0.05) is 0 Å². The molecule has 0 saturated carbocycles. The van der Waals surface area contributed by atoms with Crippen LogP contribution in [-0.4, -0.2) is 81.8 Å². The Morgan fingerprint density at radius 3 is 2.55 bits per heavy atom. The molecule has 0 saturated heterocycles. The predicted molar refractivity (Wildman–Crippen MR) is 87.5 cm³/mol. The molecule has 2 heterocycles. The molecule has 0 spiro atoms. The lowest BCUT2D eigenvalue weighted by atomic mass is 10.1. The number of pyridine rings is 1. The number of aromatic nitrogens is 1. The van der Waals surface area contributed by atoms with Crippen LogP contribution in [0.1, 0.15) is 16.8 Å². The van der Waals surface area contributed by atoms with E-state index in [9.17, 15) is 4.79 Å². The second kappa shape index (κ2) is 6.22. The summed E-state index contributed by atoms with van der Waals surface area (Å²) < 4.78 is 6.44. The van der Waals surface area contributed by atoms with Gasteiger partial charge in [0.05, 0.1) is 32.2 Å². The number of hydrogen-bond donors (Lipinski definition) is 0. The van der Waals surface area contributed by atoms with Crippen molar-refractivity contribution in [3.05, 3.63) is 18.0 Å². The van der Waals surface area contributed by atoms with E-state index in [1.807, 2.05) is 47.2 Å². The SMILES string of the molecule is CN(C)CCC1C[N+](C)(C)C(=O)c2c(cncc2N(C)C)O1. The first-order valence-corrected chi connectivity index (χ1v) is 7.57. The lowest BCUT2D eigenvalue weighted by Gasteiger charge is -2.28. The zero-order valence-corrected chi connectivity index (χ0v) is 14.5. The van der Waals surface area contributed by atoms with Gasteiger partial charge < -0.3 is 14.5 Å². The molecule has 22 heavy (non-hydrogen) atoms. The summed E-state index contributed by atoms with van der Waals surface area (Å²) >= 11 is 0. The summed E-state index contributed by atoms with van der Waals surface area (Å²) in [4.78, 5) is 21.3. The number of hydrogen-bond acceptors (Lipinski definition) is 5. The van der Waals surface area contributed by atoms with Crippen LogP contribution in [0.25, 0.3) is 0 Å². The molecule has 0 bridgehead atoms. The molecule has 1 aliphatic heterocycles. The highest BCUT2D eigenvalue weighted by molar-refractivity contribution is 5.98. The molecule has 0 aromatic carbocycles.